The number of ether oxygens (including phenoxy) is 2. The van der Waals surface area contributed by atoms with Crippen molar-refractivity contribution >= 4 is 6.09 Å². The van der Waals surface area contributed by atoms with Crippen LogP contribution in [0.15, 0.2) is 28.8 Å². The van der Waals surface area contributed by atoms with Crippen LogP contribution in [0.3, 0.4) is 0 Å². The number of carboxylic acid groups (broad SMARTS) is 1. The number of amides is 1. The molecule has 2 N–H and O–H groups in total. The molecule has 1 aromatic heterocycles. The average Bonchev–Trinajstić information content (AvgIpc) is 3.22. The first-order valence-corrected chi connectivity index (χ1v) is 7.75. The maximum Gasteiger partial charge on any atom is 0.404 e. The number of hydrogen-bond acceptors (Lipinski definition) is 6. The quantitative estimate of drug-likeness (QED) is 0.780. The summed E-state index contributed by atoms with van der Waals surface area (Å²) in [4.78, 5) is 14.7. The third-order valence-corrected chi connectivity index (χ3v) is 3.82. The van der Waals surface area contributed by atoms with Crippen molar-refractivity contribution in [1.82, 2.24) is 15.5 Å². The van der Waals surface area contributed by atoms with Gasteiger partial charge in [0, 0.05) is 24.1 Å². The van der Waals surface area contributed by atoms with Gasteiger partial charge in [-0.1, -0.05) is 29.4 Å². The van der Waals surface area contributed by atoms with E-state index < -0.39 is 11.9 Å². The number of aromatic nitrogens is 2. The molecule has 0 radical (unpaired) electrons. The number of benzene rings is 1. The second-order valence-electron chi connectivity index (χ2n) is 5.57. The van der Waals surface area contributed by atoms with Gasteiger partial charge in [0.05, 0.1) is 13.2 Å². The van der Waals surface area contributed by atoms with E-state index >= 15 is 0 Å². The van der Waals surface area contributed by atoms with Crippen molar-refractivity contribution < 1.29 is 23.9 Å². The van der Waals surface area contributed by atoms with Crippen LogP contribution in [-0.4, -0.2) is 41.1 Å². The van der Waals surface area contributed by atoms with Gasteiger partial charge in [-0.3, -0.25) is 0 Å². The van der Waals surface area contributed by atoms with Crippen molar-refractivity contribution in [3.63, 3.8) is 0 Å². The van der Waals surface area contributed by atoms with Crippen LogP contribution in [0.5, 0.6) is 0 Å². The van der Waals surface area contributed by atoms with Crippen molar-refractivity contribution in [2.75, 3.05) is 19.8 Å². The molecule has 0 atom stereocenters. The Balaban J connectivity index is 1.61. The summed E-state index contributed by atoms with van der Waals surface area (Å²) in [6.07, 6.45) is 0.0793. The van der Waals surface area contributed by atoms with Gasteiger partial charge in [-0.15, -0.1) is 0 Å². The van der Waals surface area contributed by atoms with E-state index in [1.165, 1.54) is 0 Å². The first-order valence-electron chi connectivity index (χ1n) is 7.75. The van der Waals surface area contributed by atoms with Gasteiger partial charge in [-0.25, -0.2) is 4.79 Å². The Bertz CT molecular complexity index is 692. The molecule has 3 rings (SSSR count). The summed E-state index contributed by atoms with van der Waals surface area (Å²) in [5, 5.41) is 14.8. The van der Waals surface area contributed by atoms with Crippen LogP contribution in [0.1, 0.15) is 24.8 Å². The fourth-order valence-corrected chi connectivity index (χ4v) is 2.51. The van der Waals surface area contributed by atoms with Crippen LogP contribution < -0.4 is 5.32 Å². The number of nitrogens with one attached hydrogen (secondary N) is 1. The predicted octanol–water partition coefficient (Wildman–Crippen LogP) is 2.16. The molecule has 2 heterocycles. The molecule has 0 aliphatic carbocycles. The summed E-state index contributed by atoms with van der Waals surface area (Å²) in [5.74, 6) is 0.287. The second kappa shape index (κ2) is 6.98. The highest BCUT2D eigenvalue weighted by Gasteiger charge is 2.32. The van der Waals surface area contributed by atoms with Crippen LogP contribution >= 0.6 is 0 Å². The molecular formula is C16H19N3O5. The van der Waals surface area contributed by atoms with Crippen molar-refractivity contribution in [2.45, 2.75) is 25.6 Å². The molecule has 2 aromatic rings. The molecule has 8 heteroatoms. The maximum absolute atomic E-state index is 10.4. The van der Waals surface area contributed by atoms with E-state index in [4.69, 9.17) is 19.1 Å². The zero-order valence-corrected chi connectivity index (χ0v) is 13.3. The topological polar surface area (TPSA) is 107 Å². The van der Waals surface area contributed by atoms with E-state index in [1.807, 2.05) is 31.2 Å². The number of carbonyl (C=O) groups is 1. The predicted molar refractivity (Wildman–Crippen MR) is 83.3 cm³/mol. The van der Waals surface area contributed by atoms with Crippen LogP contribution in [0, 0.1) is 0 Å². The molecule has 1 aliphatic rings. The molecule has 0 bridgehead atoms. The largest absolute Gasteiger partial charge is 0.465 e. The zero-order chi connectivity index (χ0) is 17.0. The first-order chi connectivity index (χ1) is 11.6. The van der Waals surface area contributed by atoms with Gasteiger partial charge in [-0.05, 0) is 13.3 Å². The van der Waals surface area contributed by atoms with Gasteiger partial charge in [0.25, 0.3) is 0 Å². The molecule has 8 nitrogen and oxygen atoms in total. The minimum absolute atomic E-state index is 0.348. The van der Waals surface area contributed by atoms with Gasteiger partial charge in [0.15, 0.2) is 5.79 Å². The highest BCUT2D eigenvalue weighted by atomic mass is 16.7. The van der Waals surface area contributed by atoms with E-state index in [1.54, 1.807) is 0 Å². The molecule has 24 heavy (non-hydrogen) atoms. The summed E-state index contributed by atoms with van der Waals surface area (Å²) >= 11 is 0. The Labute approximate surface area is 138 Å². The van der Waals surface area contributed by atoms with Crippen molar-refractivity contribution in [1.29, 1.82) is 0 Å². The smallest absolute Gasteiger partial charge is 0.404 e. The van der Waals surface area contributed by atoms with Gasteiger partial charge >= 0.3 is 6.09 Å². The Morgan fingerprint density at radius 1 is 1.29 bits per heavy atom. The van der Waals surface area contributed by atoms with Gasteiger partial charge < -0.3 is 24.4 Å². The highest BCUT2D eigenvalue weighted by molar-refractivity contribution is 5.64. The Morgan fingerprint density at radius 3 is 2.67 bits per heavy atom. The number of nitrogens with zero attached hydrogens (tertiary/aromatic N) is 2. The lowest BCUT2D eigenvalue weighted by Gasteiger charge is -2.22. The van der Waals surface area contributed by atoms with E-state index in [9.17, 15) is 4.79 Å². The normalized spacial score (nSPS) is 16.2. The third-order valence-electron chi connectivity index (χ3n) is 3.82. The molecule has 128 valence electrons. The van der Waals surface area contributed by atoms with Crippen molar-refractivity contribution in [3.05, 3.63) is 35.7 Å². The minimum Gasteiger partial charge on any atom is -0.465 e. The number of hydrogen-bond donors (Lipinski definition) is 2. The Kier molecular flexibility index (Phi) is 4.77. The maximum atomic E-state index is 10.4. The van der Waals surface area contributed by atoms with E-state index in [0.717, 1.165) is 11.1 Å². The van der Waals surface area contributed by atoms with Crippen LogP contribution in [-0.2, 0) is 21.7 Å². The monoisotopic (exact) mass is 333 g/mol. The molecule has 1 saturated heterocycles. The Hall–Kier alpha value is -2.45. The molecule has 1 aliphatic heterocycles. The summed E-state index contributed by atoms with van der Waals surface area (Å²) < 4.78 is 16.4. The zero-order valence-electron chi connectivity index (χ0n) is 13.3. The van der Waals surface area contributed by atoms with E-state index in [2.05, 4.69) is 15.5 Å². The lowest BCUT2D eigenvalue weighted by molar-refractivity contribution is -0.149. The van der Waals surface area contributed by atoms with Gasteiger partial charge in [0.1, 0.15) is 0 Å². The average molecular weight is 333 g/mol. The van der Waals surface area contributed by atoms with Gasteiger partial charge in [0.2, 0.25) is 11.7 Å². The van der Waals surface area contributed by atoms with Crippen LogP contribution in [0.2, 0.25) is 0 Å². The van der Waals surface area contributed by atoms with Crippen molar-refractivity contribution in [2.24, 2.45) is 0 Å². The number of rotatable bonds is 6. The standard InChI is InChI=1S/C16H19N3O5/c1-16(22-9-10-23-16)12-6-4-11(5-7-12)14-18-13(24-19-14)3-2-8-17-15(20)21/h4-7,17H,2-3,8-10H2,1H3,(H,20,21). The lowest BCUT2D eigenvalue weighted by Crippen LogP contribution is -2.22. The molecular weight excluding hydrogens is 314 g/mol. The van der Waals surface area contributed by atoms with E-state index in [-0.39, 0.29) is 0 Å². The van der Waals surface area contributed by atoms with Crippen LogP contribution in [0.4, 0.5) is 4.79 Å². The van der Waals surface area contributed by atoms with Gasteiger partial charge in [-0.2, -0.15) is 4.98 Å². The fourth-order valence-electron chi connectivity index (χ4n) is 2.51. The second-order valence-corrected chi connectivity index (χ2v) is 5.57. The Morgan fingerprint density at radius 2 is 2.00 bits per heavy atom. The summed E-state index contributed by atoms with van der Waals surface area (Å²) in [6, 6.07) is 7.64. The minimum atomic E-state index is -1.04. The summed E-state index contributed by atoms with van der Waals surface area (Å²) in [5.41, 5.74) is 1.77. The molecule has 1 fully saturated rings. The van der Waals surface area contributed by atoms with Crippen LogP contribution in [0.25, 0.3) is 11.4 Å². The lowest BCUT2D eigenvalue weighted by atomic mass is 10.1. The first kappa shape index (κ1) is 16.4. The molecule has 0 saturated carbocycles. The SMILES string of the molecule is CC1(c2ccc(-c3noc(CCCNC(=O)O)n3)cc2)OCCO1. The van der Waals surface area contributed by atoms with Crippen molar-refractivity contribution in [3.8, 4) is 11.4 Å². The molecule has 1 aromatic carbocycles. The summed E-state index contributed by atoms with van der Waals surface area (Å²) in [7, 11) is 0. The highest BCUT2D eigenvalue weighted by Crippen LogP contribution is 2.31. The fraction of sp³-hybridized carbons (Fsp3) is 0.438. The number of aryl methyl sites for hydroxylation is 1. The third kappa shape index (κ3) is 3.72. The van der Waals surface area contributed by atoms with E-state index in [0.29, 0.717) is 44.3 Å². The molecule has 1 amide bonds. The molecule has 0 spiro atoms. The molecule has 0 unspecified atom stereocenters. The summed E-state index contributed by atoms with van der Waals surface area (Å²) in [6.45, 7) is 3.42.